The van der Waals surface area contributed by atoms with Crippen LogP contribution in [-0.2, 0) is 6.42 Å². The quantitative estimate of drug-likeness (QED) is 0.741. The predicted molar refractivity (Wildman–Crippen MR) is 98.1 cm³/mol. The number of nitrogens with two attached hydrogens (primary N) is 2. The molecule has 0 aliphatic heterocycles. The highest BCUT2D eigenvalue weighted by molar-refractivity contribution is 6.08. The summed E-state index contributed by atoms with van der Waals surface area (Å²) < 4.78 is 14.6. The van der Waals surface area contributed by atoms with Crippen molar-refractivity contribution in [1.29, 1.82) is 0 Å². The lowest BCUT2D eigenvalue weighted by atomic mass is 9.91. The van der Waals surface area contributed by atoms with Crippen molar-refractivity contribution < 1.29 is 14.0 Å². The van der Waals surface area contributed by atoms with E-state index in [1.165, 1.54) is 24.3 Å². The molecule has 4 N–H and O–H groups in total. The number of carbonyl (C=O) groups is 2. The number of hydrogen-bond donors (Lipinski definition) is 2. The van der Waals surface area contributed by atoms with Crippen molar-refractivity contribution in [2.24, 2.45) is 11.5 Å². The summed E-state index contributed by atoms with van der Waals surface area (Å²) in [5.74, 6) is -2.06. The molecule has 130 valence electrons. The Kier molecular flexibility index (Phi) is 4.80. The standard InChI is InChI=1S/C21H17FN2O2/c22-18-10-9-14(11-13-5-2-1-3-6-13)12-17(18)19-15(20(23)25)7-4-8-16(19)21(24)26/h1-10,12H,11H2,(H2,23,25)(H2,24,26). The highest BCUT2D eigenvalue weighted by Crippen LogP contribution is 2.31. The van der Waals surface area contributed by atoms with E-state index in [1.54, 1.807) is 12.1 Å². The first-order valence-electron chi connectivity index (χ1n) is 8.02. The molecule has 0 saturated heterocycles. The second-order valence-electron chi connectivity index (χ2n) is 5.93. The normalized spacial score (nSPS) is 10.5. The smallest absolute Gasteiger partial charge is 0.249 e. The highest BCUT2D eigenvalue weighted by atomic mass is 19.1. The van der Waals surface area contributed by atoms with Crippen molar-refractivity contribution >= 4 is 11.8 Å². The Balaban J connectivity index is 2.16. The number of halogens is 1. The fourth-order valence-corrected chi connectivity index (χ4v) is 2.96. The van der Waals surface area contributed by atoms with Gasteiger partial charge in [0.1, 0.15) is 5.82 Å². The third-order valence-corrected chi connectivity index (χ3v) is 4.15. The largest absolute Gasteiger partial charge is 0.366 e. The Morgan fingerprint density at radius 1 is 0.769 bits per heavy atom. The van der Waals surface area contributed by atoms with Gasteiger partial charge in [0.2, 0.25) is 11.8 Å². The van der Waals surface area contributed by atoms with Crippen molar-refractivity contribution in [3.05, 3.63) is 94.8 Å². The van der Waals surface area contributed by atoms with E-state index in [1.807, 2.05) is 30.3 Å². The van der Waals surface area contributed by atoms with Crippen molar-refractivity contribution in [3.8, 4) is 11.1 Å². The van der Waals surface area contributed by atoms with Gasteiger partial charge in [-0.1, -0.05) is 42.5 Å². The number of benzene rings is 3. The van der Waals surface area contributed by atoms with Crippen LogP contribution < -0.4 is 11.5 Å². The van der Waals surface area contributed by atoms with Crippen LogP contribution in [0.2, 0.25) is 0 Å². The van der Waals surface area contributed by atoms with E-state index in [2.05, 4.69) is 0 Å². The molecule has 26 heavy (non-hydrogen) atoms. The lowest BCUT2D eigenvalue weighted by molar-refractivity contribution is 0.0999. The predicted octanol–water partition coefficient (Wildman–Crippen LogP) is 3.28. The number of amides is 2. The molecule has 0 unspecified atom stereocenters. The Morgan fingerprint density at radius 3 is 1.96 bits per heavy atom. The van der Waals surface area contributed by atoms with Gasteiger partial charge in [0.25, 0.3) is 0 Å². The maximum absolute atomic E-state index is 14.6. The lowest BCUT2D eigenvalue weighted by Crippen LogP contribution is -2.18. The average molecular weight is 348 g/mol. The molecule has 0 heterocycles. The van der Waals surface area contributed by atoms with E-state index in [4.69, 9.17) is 11.5 Å². The third kappa shape index (κ3) is 3.47. The molecule has 0 atom stereocenters. The summed E-state index contributed by atoms with van der Waals surface area (Å²) >= 11 is 0. The fourth-order valence-electron chi connectivity index (χ4n) is 2.96. The van der Waals surface area contributed by atoms with E-state index in [0.717, 1.165) is 11.1 Å². The molecule has 0 bridgehead atoms. The zero-order valence-corrected chi connectivity index (χ0v) is 13.9. The number of hydrogen-bond acceptors (Lipinski definition) is 2. The molecule has 3 aromatic carbocycles. The summed E-state index contributed by atoms with van der Waals surface area (Å²) in [6.07, 6.45) is 0.582. The van der Waals surface area contributed by atoms with Crippen molar-refractivity contribution in [2.45, 2.75) is 6.42 Å². The van der Waals surface area contributed by atoms with Crippen LogP contribution in [0.3, 0.4) is 0 Å². The molecular formula is C21H17FN2O2. The van der Waals surface area contributed by atoms with Gasteiger partial charge in [0, 0.05) is 22.3 Å². The van der Waals surface area contributed by atoms with E-state index in [9.17, 15) is 14.0 Å². The van der Waals surface area contributed by atoms with Crippen LogP contribution >= 0.6 is 0 Å². The summed E-state index contributed by atoms with van der Waals surface area (Å²) in [4.78, 5) is 23.6. The SMILES string of the molecule is NC(=O)c1cccc(C(N)=O)c1-c1cc(Cc2ccccc2)ccc1F. The lowest BCUT2D eigenvalue weighted by Gasteiger charge is -2.14. The second kappa shape index (κ2) is 7.19. The Hall–Kier alpha value is -3.47. The van der Waals surface area contributed by atoms with Gasteiger partial charge in [0.05, 0.1) is 0 Å². The topological polar surface area (TPSA) is 86.2 Å². The fraction of sp³-hybridized carbons (Fsp3) is 0.0476. The molecular weight excluding hydrogens is 331 g/mol. The number of rotatable bonds is 5. The van der Waals surface area contributed by atoms with E-state index >= 15 is 0 Å². The molecule has 0 fully saturated rings. The maximum atomic E-state index is 14.6. The molecule has 3 aromatic rings. The number of primary amides is 2. The van der Waals surface area contributed by atoms with Gasteiger partial charge in [0.15, 0.2) is 0 Å². The molecule has 0 aromatic heterocycles. The van der Waals surface area contributed by atoms with Crippen molar-refractivity contribution in [2.75, 3.05) is 0 Å². The van der Waals surface area contributed by atoms with E-state index < -0.39 is 17.6 Å². The minimum Gasteiger partial charge on any atom is -0.366 e. The van der Waals surface area contributed by atoms with E-state index in [-0.39, 0.29) is 22.3 Å². The Bertz CT molecular complexity index is 952. The monoisotopic (exact) mass is 348 g/mol. The van der Waals surface area contributed by atoms with Crippen LogP contribution in [0.1, 0.15) is 31.8 Å². The molecule has 0 saturated carbocycles. The van der Waals surface area contributed by atoms with Crippen molar-refractivity contribution in [3.63, 3.8) is 0 Å². The first kappa shape index (κ1) is 17.4. The van der Waals surface area contributed by atoms with Crippen LogP contribution in [0.15, 0.2) is 66.7 Å². The molecule has 5 heteroatoms. The minimum absolute atomic E-state index is 0.0528. The first-order chi connectivity index (χ1) is 12.5. The van der Waals surface area contributed by atoms with Gasteiger partial charge < -0.3 is 11.5 Å². The Morgan fingerprint density at radius 2 is 1.38 bits per heavy atom. The highest BCUT2D eigenvalue weighted by Gasteiger charge is 2.20. The van der Waals surface area contributed by atoms with Gasteiger partial charge >= 0.3 is 0 Å². The Labute approximate surface area is 150 Å². The van der Waals surface area contributed by atoms with Crippen LogP contribution in [-0.4, -0.2) is 11.8 Å². The van der Waals surface area contributed by atoms with Gasteiger partial charge in [-0.15, -0.1) is 0 Å². The van der Waals surface area contributed by atoms with Gasteiger partial charge in [-0.3, -0.25) is 9.59 Å². The molecule has 3 rings (SSSR count). The molecule has 2 amide bonds. The van der Waals surface area contributed by atoms with Gasteiger partial charge in [-0.25, -0.2) is 4.39 Å². The van der Waals surface area contributed by atoms with E-state index in [0.29, 0.717) is 6.42 Å². The molecule has 0 aliphatic carbocycles. The molecule has 4 nitrogen and oxygen atoms in total. The second-order valence-corrected chi connectivity index (χ2v) is 5.93. The van der Waals surface area contributed by atoms with Crippen molar-refractivity contribution in [1.82, 2.24) is 0 Å². The summed E-state index contributed by atoms with van der Waals surface area (Å²) in [6.45, 7) is 0. The zero-order chi connectivity index (χ0) is 18.7. The molecule has 0 aliphatic rings. The first-order valence-corrected chi connectivity index (χ1v) is 8.02. The summed E-state index contributed by atoms with van der Waals surface area (Å²) in [7, 11) is 0. The van der Waals surface area contributed by atoms with Gasteiger partial charge in [-0.2, -0.15) is 0 Å². The number of carbonyl (C=O) groups excluding carboxylic acids is 2. The summed E-state index contributed by atoms with van der Waals surface area (Å²) in [6, 6.07) is 18.7. The third-order valence-electron chi connectivity index (χ3n) is 4.15. The average Bonchev–Trinajstić information content (AvgIpc) is 2.63. The zero-order valence-electron chi connectivity index (χ0n) is 13.9. The molecule has 0 spiro atoms. The van der Waals surface area contributed by atoms with Gasteiger partial charge in [-0.05, 0) is 41.8 Å². The molecule has 0 radical (unpaired) electrons. The van der Waals surface area contributed by atoms with Crippen LogP contribution in [0.4, 0.5) is 4.39 Å². The minimum atomic E-state index is -0.754. The van der Waals surface area contributed by atoms with Crippen LogP contribution in [0, 0.1) is 5.82 Å². The summed E-state index contributed by atoms with van der Waals surface area (Å²) in [5, 5.41) is 0. The maximum Gasteiger partial charge on any atom is 0.249 e. The van der Waals surface area contributed by atoms with Crippen LogP contribution in [0.5, 0.6) is 0 Å². The van der Waals surface area contributed by atoms with Crippen LogP contribution in [0.25, 0.3) is 11.1 Å². The summed E-state index contributed by atoms with van der Waals surface area (Å²) in [5.41, 5.74) is 13.1.